The van der Waals surface area contributed by atoms with E-state index in [-0.39, 0.29) is 6.42 Å². The van der Waals surface area contributed by atoms with E-state index in [4.69, 9.17) is 11.6 Å². The van der Waals surface area contributed by atoms with Gasteiger partial charge in [0.2, 0.25) is 5.78 Å². The molecule has 0 aliphatic rings. The third-order valence-corrected chi connectivity index (χ3v) is 1.16. The Labute approximate surface area is 59.2 Å². The summed E-state index contributed by atoms with van der Waals surface area (Å²) in [5.41, 5.74) is 0. The minimum Gasteiger partial charge on any atom is -0.291 e. The van der Waals surface area contributed by atoms with E-state index in [9.17, 15) is 9.59 Å². The summed E-state index contributed by atoms with van der Waals surface area (Å²) < 4.78 is 0. The van der Waals surface area contributed by atoms with E-state index >= 15 is 0 Å². The number of ketones is 2. The van der Waals surface area contributed by atoms with Crippen LogP contribution in [0.25, 0.3) is 0 Å². The molecule has 52 valence electrons. The quantitative estimate of drug-likeness (QED) is 0.445. The Morgan fingerprint density at radius 2 is 2.00 bits per heavy atom. The topological polar surface area (TPSA) is 34.1 Å². The van der Waals surface area contributed by atoms with E-state index in [0.29, 0.717) is 0 Å². The van der Waals surface area contributed by atoms with Crippen molar-refractivity contribution in [1.82, 2.24) is 0 Å². The van der Waals surface area contributed by atoms with E-state index in [1.807, 2.05) is 0 Å². The molecule has 0 aliphatic heterocycles. The highest BCUT2D eigenvalue weighted by molar-refractivity contribution is 6.49. The lowest BCUT2D eigenvalue weighted by atomic mass is 10.2. The van der Waals surface area contributed by atoms with Gasteiger partial charge >= 0.3 is 0 Å². The zero-order valence-electron chi connectivity index (χ0n) is 5.48. The first-order valence-electron chi connectivity index (χ1n) is 2.80. The second kappa shape index (κ2) is 3.62. The Bertz CT molecular complexity index is 129. The first-order valence-corrected chi connectivity index (χ1v) is 3.24. The summed E-state index contributed by atoms with van der Waals surface area (Å²) in [6.45, 7) is 3.14. The summed E-state index contributed by atoms with van der Waals surface area (Å²) in [5, 5.41) is -0.669. The third-order valence-electron chi connectivity index (χ3n) is 0.957. The average molecular weight is 149 g/mol. The van der Waals surface area contributed by atoms with Crippen molar-refractivity contribution >= 4 is 23.2 Å². The van der Waals surface area contributed by atoms with Gasteiger partial charge in [0.15, 0.2) is 5.78 Å². The van der Waals surface area contributed by atoms with Crippen LogP contribution in [0.2, 0.25) is 0 Å². The molecule has 1 atom stereocenters. The van der Waals surface area contributed by atoms with Crippen LogP contribution >= 0.6 is 11.6 Å². The van der Waals surface area contributed by atoms with Crippen LogP contribution in [0.3, 0.4) is 0 Å². The molecule has 9 heavy (non-hydrogen) atoms. The molecular formula is C6H9ClO2. The molecule has 0 amide bonds. The second-order valence-electron chi connectivity index (χ2n) is 1.76. The fourth-order valence-electron chi connectivity index (χ4n) is 0.396. The van der Waals surface area contributed by atoms with Crippen LogP contribution in [0.15, 0.2) is 0 Å². The van der Waals surface area contributed by atoms with Crippen molar-refractivity contribution in [3.8, 4) is 0 Å². The first-order chi connectivity index (χ1) is 4.09. The number of hydrogen-bond donors (Lipinski definition) is 0. The fourth-order valence-corrected chi connectivity index (χ4v) is 0.518. The van der Waals surface area contributed by atoms with Crippen LogP contribution in [0.1, 0.15) is 20.3 Å². The summed E-state index contributed by atoms with van der Waals surface area (Å²) in [6.07, 6.45) is 0.246. The number of alkyl halides is 1. The van der Waals surface area contributed by atoms with Gasteiger partial charge in [-0.1, -0.05) is 6.92 Å². The molecule has 0 bridgehead atoms. The number of carbonyl (C=O) groups is 2. The maximum Gasteiger partial charge on any atom is 0.215 e. The third kappa shape index (κ3) is 2.61. The second-order valence-corrected chi connectivity index (χ2v) is 2.41. The van der Waals surface area contributed by atoms with Gasteiger partial charge in [0, 0.05) is 6.42 Å². The first kappa shape index (κ1) is 8.63. The maximum atomic E-state index is 10.6. The van der Waals surface area contributed by atoms with Gasteiger partial charge in [-0.15, -0.1) is 11.6 Å². The van der Waals surface area contributed by atoms with Crippen LogP contribution in [0.4, 0.5) is 0 Å². The van der Waals surface area contributed by atoms with Crippen LogP contribution in [0, 0.1) is 0 Å². The van der Waals surface area contributed by atoms with Crippen molar-refractivity contribution in [2.75, 3.05) is 0 Å². The Hall–Kier alpha value is -0.370. The summed E-state index contributed by atoms with van der Waals surface area (Å²) in [5.74, 6) is -0.878. The average Bonchev–Trinajstić information content (AvgIpc) is 1.84. The molecule has 0 N–H and O–H groups in total. The molecule has 0 aromatic carbocycles. The molecule has 0 aromatic rings. The van der Waals surface area contributed by atoms with Gasteiger partial charge in [0.1, 0.15) is 0 Å². The molecule has 2 nitrogen and oxygen atoms in total. The van der Waals surface area contributed by atoms with Crippen molar-refractivity contribution in [3.63, 3.8) is 0 Å². The molecule has 0 spiro atoms. The highest BCUT2D eigenvalue weighted by Gasteiger charge is 2.16. The molecule has 0 radical (unpaired) electrons. The minimum atomic E-state index is -0.669. The predicted octanol–water partition coefficient (Wildman–Crippen LogP) is 1.16. The number of hydrogen-bond acceptors (Lipinski definition) is 2. The normalized spacial score (nSPS) is 12.8. The number of Topliss-reactive ketones (excluding diaryl/α,β-unsaturated/α-hetero) is 2. The van der Waals surface area contributed by atoms with Crippen LogP contribution in [-0.4, -0.2) is 16.9 Å². The summed E-state index contributed by atoms with van der Waals surface area (Å²) in [4.78, 5) is 21.1. The van der Waals surface area contributed by atoms with Gasteiger partial charge in [0.05, 0.1) is 5.38 Å². The molecule has 0 aromatic heterocycles. The van der Waals surface area contributed by atoms with Gasteiger partial charge in [-0.05, 0) is 6.92 Å². The van der Waals surface area contributed by atoms with Crippen molar-refractivity contribution < 1.29 is 9.59 Å². The lowest BCUT2D eigenvalue weighted by molar-refractivity contribution is -0.136. The highest BCUT2D eigenvalue weighted by Crippen LogP contribution is 1.97. The molecule has 0 rings (SSSR count). The Morgan fingerprint density at radius 1 is 1.56 bits per heavy atom. The van der Waals surface area contributed by atoms with Crippen molar-refractivity contribution in [2.45, 2.75) is 25.6 Å². The van der Waals surface area contributed by atoms with Gasteiger partial charge < -0.3 is 0 Å². The largest absolute Gasteiger partial charge is 0.291 e. The Kier molecular flexibility index (Phi) is 3.47. The van der Waals surface area contributed by atoms with E-state index in [2.05, 4.69) is 0 Å². The van der Waals surface area contributed by atoms with Crippen LogP contribution < -0.4 is 0 Å². The van der Waals surface area contributed by atoms with Crippen LogP contribution in [0.5, 0.6) is 0 Å². The summed E-state index contributed by atoms with van der Waals surface area (Å²) in [7, 11) is 0. The van der Waals surface area contributed by atoms with Crippen molar-refractivity contribution in [3.05, 3.63) is 0 Å². The van der Waals surface area contributed by atoms with Crippen LogP contribution in [-0.2, 0) is 9.59 Å². The molecule has 0 saturated carbocycles. The SMILES string of the molecule is CCC(=O)C(=O)C(C)Cl. The molecule has 0 fully saturated rings. The lowest BCUT2D eigenvalue weighted by Crippen LogP contribution is -2.20. The molecule has 0 heterocycles. The van der Waals surface area contributed by atoms with Crippen molar-refractivity contribution in [2.24, 2.45) is 0 Å². The van der Waals surface area contributed by atoms with E-state index < -0.39 is 16.9 Å². The smallest absolute Gasteiger partial charge is 0.215 e. The molecule has 1 unspecified atom stereocenters. The molecular weight excluding hydrogens is 140 g/mol. The highest BCUT2D eigenvalue weighted by atomic mass is 35.5. The number of halogens is 1. The zero-order chi connectivity index (χ0) is 7.44. The van der Waals surface area contributed by atoms with E-state index in [1.54, 1.807) is 6.92 Å². The maximum absolute atomic E-state index is 10.6. The zero-order valence-corrected chi connectivity index (χ0v) is 6.23. The molecule has 0 saturated heterocycles. The van der Waals surface area contributed by atoms with E-state index in [0.717, 1.165) is 0 Å². The van der Waals surface area contributed by atoms with E-state index in [1.165, 1.54) is 6.92 Å². The van der Waals surface area contributed by atoms with Gasteiger partial charge in [-0.2, -0.15) is 0 Å². The predicted molar refractivity (Wildman–Crippen MR) is 35.6 cm³/mol. The standard InChI is InChI=1S/C6H9ClO2/c1-3-5(8)6(9)4(2)7/h4H,3H2,1-2H3. The van der Waals surface area contributed by atoms with Gasteiger partial charge in [-0.3, -0.25) is 9.59 Å². The summed E-state index contributed by atoms with van der Waals surface area (Å²) in [6, 6.07) is 0. The summed E-state index contributed by atoms with van der Waals surface area (Å²) >= 11 is 5.33. The number of rotatable bonds is 3. The van der Waals surface area contributed by atoms with Crippen molar-refractivity contribution in [1.29, 1.82) is 0 Å². The van der Waals surface area contributed by atoms with Gasteiger partial charge in [-0.25, -0.2) is 0 Å². The molecule has 3 heteroatoms. The Morgan fingerprint density at radius 3 is 2.11 bits per heavy atom. The molecule has 0 aliphatic carbocycles. The lowest BCUT2D eigenvalue weighted by Gasteiger charge is -1.96. The number of carbonyl (C=O) groups excluding carboxylic acids is 2. The Balaban J connectivity index is 3.89. The minimum absolute atomic E-state index is 0.246. The van der Waals surface area contributed by atoms with Gasteiger partial charge in [0.25, 0.3) is 0 Å². The fraction of sp³-hybridized carbons (Fsp3) is 0.667. The monoisotopic (exact) mass is 148 g/mol.